The molecule has 1 aromatic heterocycles. The Bertz CT molecular complexity index is 1310. The minimum Gasteiger partial charge on any atom is -0.487 e. The molecule has 0 amide bonds. The first-order chi connectivity index (χ1) is 17.3. The maximum Gasteiger partial charge on any atom is 0.130 e. The van der Waals surface area contributed by atoms with Crippen molar-refractivity contribution in [3.8, 4) is 5.75 Å². The van der Waals surface area contributed by atoms with Gasteiger partial charge in [-0.1, -0.05) is 103 Å². The Kier molecular flexibility index (Phi) is 8.04. The first kappa shape index (κ1) is 23.5. The lowest BCUT2D eigenvalue weighted by Gasteiger charge is -2.20. The minimum absolute atomic E-state index is 0.246. The molecule has 35 heavy (non-hydrogen) atoms. The van der Waals surface area contributed by atoms with Gasteiger partial charge in [0.1, 0.15) is 12.4 Å². The molecule has 0 bridgehead atoms. The summed E-state index contributed by atoms with van der Waals surface area (Å²) in [5.41, 5.74) is 5.82. The van der Waals surface area contributed by atoms with Crippen LogP contribution in [0.4, 0.5) is 0 Å². The highest BCUT2D eigenvalue weighted by molar-refractivity contribution is 8.15. The number of aromatic nitrogens is 1. The number of nitrogens with zero attached hydrogens (tertiary/aromatic N) is 1. The van der Waals surface area contributed by atoms with Gasteiger partial charge in [-0.15, -0.1) is 23.5 Å². The summed E-state index contributed by atoms with van der Waals surface area (Å²) in [4.78, 5) is 4.78. The highest BCUT2D eigenvalue weighted by atomic mass is 32.2. The summed E-state index contributed by atoms with van der Waals surface area (Å²) >= 11 is 3.90. The van der Waals surface area contributed by atoms with Crippen molar-refractivity contribution in [3.05, 3.63) is 144 Å². The highest BCUT2D eigenvalue weighted by Gasteiger charge is 2.18. The maximum atomic E-state index is 6.37. The fraction of sp³-hybridized carbons (Fsp3) is 0.129. The van der Waals surface area contributed by atoms with E-state index in [4.69, 9.17) is 9.72 Å². The van der Waals surface area contributed by atoms with Gasteiger partial charge in [0, 0.05) is 22.5 Å². The van der Waals surface area contributed by atoms with Crippen molar-refractivity contribution in [2.75, 3.05) is 0 Å². The molecule has 5 aromatic rings. The van der Waals surface area contributed by atoms with Gasteiger partial charge >= 0.3 is 0 Å². The Labute approximate surface area is 215 Å². The topological polar surface area (TPSA) is 22.1 Å². The van der Waals surface area contributed by atoms with E-state index in [1.165, 1.54) is 16.7 Å². The zero-order valence-corrected chi connectivity index (χ0v) is 21.1. The molecule has 0 saturated heterocycles. The summed E-state index contributed by atoms with van der Waals surface area (Å²) in [6.45, 7) is 0.446. The molecule has 0 N–H and O–H groups in total. The van der Waals surface area contributed by atoms with Crippen LogP contribution < -0.4 is 4.74 Å². The molecule has 0 fully saturated rings. The van der Waals surface area contributed by atoms with Gasteiger partial charge in [0.05, 0.1) is 15.8 Å². The summed E-state index contributed by atoms with van der Waals surface area (Å²) in [6.07, 6.45) is 0. The molecule has 0 aliphatic heterocycles. The van der Waals surface area contributed by atoms with E-state index in [2.05, 4.69) is 97.1 Å². The molecule has 4 aromatic carbocycles. The van der Waals surface area contributed by atoms with Crippen LogP contribution in [-0.4, -0.2) is 4.98 Å². The van der Waals surface area contributed by atoms with Crippen LogP contribution in [0.3, 0.4) is 0 Å². The minimum atomic E-state index is 0.246. The SMILES string of the molecule is c1ccc(CSC(SCc2ccccc2)c2ccccc2OCc2ccc3ccccc3n2)cc1. The fourth-order valence-electron chi connectivity index (χ4n) is 3.87. The molecule has 0 spiro atoms. The van der Waals surface area contributed by atoms with Crippen LogP contribution >= 0.6 is 23.5 Å². The van der Waals surface area contributed by atoms with Crippen LogP contribution in [0.1, 0.15) is 27.0 Å². The largest absolute Gasteiger partial charge is 0.487 e. The van der Waals surface area contributed by atoms with Crippen molar-refractivity contribution in [2.45, 2.75) is 22.7 Å². The van der Waals surface area contributed by atoms with Gasteiger partial charge in [-0.3, -0.25) is 0 Å². The molecular weight excluding hydrogens is 466 g/mol. The van der Waals surface area contributed by atoms with E-state index < -0.39 is 0 Å². The maximum absolute atomic E-state index is 6.37. The van der Waals surface area contributed by atoms with Gasteiger partial charge in [0.2, 0.25) is 0 Å². The Morgan fingerprint density at radius 2 is 1.20 bits per heavy atom. The number of hydrogen-bond acceptors (Lipinski definition) is 4. The average Bonchev–Trinajstić information content (AvgIpc) is 2.93. The first-order valence-corrected chi connectivity index (χ1v) is 13.8. The van der Waals surface area contributed by atoms with Crippen molar-refractivity contribution in [1.82, 2.24) is 4.98 Å². The second kappa shape index (κ2) is 12.0. The molecule has 0 radical (unpaired) electrons. The van der Waals surface area contributed by atoms with E-state index in [1.807, 2.05) is 47.8 Å². The van der Waals surface area contributed by atoms with Crippen LogP contribution in [0, 0.1) is 0 Å². The number of ether oxygens (including phenoxy) is 1. The molecule has 0 saturated carbocycles. The molecule has 4 heteroatoms. The van der Waals surface area contributed by atoms with Crippen LogP contribution in [0.5, 0.6) is 5.75 Å². The Morgan fingerprint density at radius 1 is 0.600 bits per heavy atom. The van der Waals surface area contributed by atoms with Gasteiger partial charge in [0.15, 0.2) is 0 Å². The van der Waals surface area contributed by atoms with Crippen molar-refractivity contribution in [3.63, 3.8) is 0 Å². The van der Waals surface area contributed by atoms with E-state index in [0.717, 1.165) is 33.9 Å². The predicted molar refractivity (Wildman–Crippen MR) is 151 cm³/mol. The zero-order chi connectivity index (χ0) is 23.7. The molecule has 5 rings (SSSR count). The van der Waals surface area contributed by atoms with E-state index in [-0.39, 0.29) is 4.58 Å². The summed E-state index contributed by atoms with van der Waals surface area (Å²) in [7, 11) is 0. The average molecular weight is 494 g/mol. The van der Waals surface area contributed by atoms with Gasteiger partial charge in [-0.2, -0.15) is 0 Å². The molecule has 0 aliphatic rings. The van der Waals surface area contributed by atoms with Gasteiger partial charge in [-0.05, 0) is 29.3 Å². The van der Waals surface area contributed by atoms with Crippen molar-refractivity contribution < 1.29 is 4.74 Å². The summed E-state index contributed by atoms with van der Waals surface area (Å²) < 4.78 is 6.61. The second-order valence-corrected chi connectivity index (χ2v) is 10.7. The van der Waals surface area contributed by atoms with Crippen LogP contribution in [0.25, 0.3) is 10.9 Å². The van der Waals surface area contributed by atoms with E-state index in [1.54, 1.807) is 0 Å². The number of rotatable bonds is 10. The third-order valence-electron chi connectivity index (χ3n) is 5.69. The number of hydrogen-bond donors (Lipinski definition) is 0. The predicted octanol–water partition coefficient (Wildman–Crippen LogP) is 8.68. The Balaban J connectivity index is 1.34. The third-order valence-corrected chi connectivity index (χ3v) is 8.62. The molecule has 0 unspecified atom stereocenters. The molecule has 0 aliphatic carbocycles. The lowest BCUT2D eigenvalue weighted by molar-refractivity contribution is 0.299. The molecule has 2 nitrogen and oxygen atoms in total. The third kappa shape index (κ3) is 6.47. The quantitative estimate of drug-likeness (QED) is 0.181. The number of para-hydroxylation sites is 2. The number of benzene rings is 4. The van der Waals surface area contributed by atoms with Crippen LogP contribution in [0.15, 0.2) is 121 Å². The summed E-state index contributed by atoms with van der Waals surface area (Å²) in [5.74, 6) is 2.83. The van der Waals surface area contributed by atoms with Crippen LogP contribution in [0.2, 0.25) is 0 Å². The summed E-state index contributed by atoms with van der Waals surface area (Å²) in [5, 5.41) is 1.14. The van der Waals surface area contributed by atoms with Crippen LogP contribution in [-0.2, 0) is 18.1 Å². The monoisotopic (exact) mass is 493 g/mol. The van der Waals surface area contributed by atoms with E-state index in [9.17, 15) is 0 Å². The van der Waals surface area contributed by atoms with Crippen molar-refractivity contribution in [2.24, 2.45) is 0 Å². The molecule has 1 heterocycles. The van der Waals surface area contributed by atoms with Crippen molar-refractivity contribution >= 4 is 34.4 Å². The smallest absolute Gasteiger partial charge is 0.130 e. The lowest BCUT2D eigenvalue weighted by atomic mass is 10.2. The molecule has 174 valence electrons. The molecule has 0 atom stereocenters. The standard InChI is InChI=1S/C31H27NOS2/c1-3-11-24(12-4-1)22-34-31(35-23-25-13-5-2-6-14-25)28-16-8-10-18-30(28)33-21-27-20-19-26-15-7-9-17-29(26)32-27/h1-20,31H,21-23H2. The summed E-state index contributed by atoms with van der Waals surface area (Å²) in [6, 6.07) is 42.1. The number of thioether (sulfide) groups is 2. The number of fused-ring (bicyclic) bond motifs is 1. The normalized spacial score (nSPS) is 11.1. The first-order valence-electron chi connectivity index (χ1n) is 11.7. The zero-order valence-electron chi connectivity index (χ0n) is 19.4. The Hall–Kier alpha value is -3.21. The fourth-order valence-corrected chi connectivity index (χ4v) is 6.48. The van der Waals surface area contributed by atoms with Gasteiger partial charge in [0.25, 0.3) is 0 Å². The van der Waals surface area contributed by atoms with Crippen molar-refractivity contribution in [1.29, 1.82) is 0 Å². The van der Waals surface area contributed by atoms with Gasteiger partial charge in [-0.25, -0.2) is 4.98 Å². The Morgan fingerprint density at radius 3 is 1.91 bits per heavy atom. The van der Waals surface area contributed by atoms with E-state index >= 15 is 0 Å². The van der Waals surface area contributed by atoms with Gasteiger partial charge < -0.3 is 4.74 Å². The molecular formula is C31H27NOS2. The lowest BCUT2D eigenvalue weighted by Crippen LogP contribution is -2.02. The highest BCUT2D eigenvalue weighted by Crippen LogP contribution is 2.46. The number of pyridine rings is 1. The van der Waals surface area contributed by atoms with E-state index in [0.29, 0.717) is 6.61 Å². The second-order valence-electron chi connectivity index (χ2n) is 8.25.